The largest absolute Gasteiger partial charge is 0.324 e. The topological polar surface area (TPSA) is 34.9 Å². The average Bonchev–Trinajstić information content (AvgIpc) is 2.89. The second-order valence-corrected chi connectivity index (χ2v) is 5.34. The minimum absolute atomic E-state index is 0.142. The van der Waals surface area contributed by atoms with Crippen molar-refractivity contribution in [1.29, 1.82) is 0 Å². The molecule has 20 heavy (non-hydrogen) atoms. The fourth-order valence-corrected chi connectivity index (χ4v) is 2.38. The van der Waals surface area contributed by atoms with Crippen LogP contribution in [0.2, 0.25) is 0 Å². The molecule has 0 bridgehead atoms. The van der Waals surface area contributed by atoms with Gasteiger partial charge in [-0.05, 0) is 44.4 Å². The molecule has 1 heterocycles. The highest BCUT2D eigenvalue weighted by atomic mass is 16.1. The van der Waals surface area contributed by atoms with Gasteiger partial charge in [-0.3, -0.25) is 4.79 Å². The van der Waals surface area contributed by atoms with Crippen molar-refractivity contribution in [3.05, 3.63) is 53.1 Å². The number of rotatable bonds is 5. The third-order valence-corrected chi connectivity index (χ3v) is 3.81. The standard InChI is InChI=1S/C17H22N2O/c1-5-6-16-18-9-10-19(16)14(4)17(20)15-8-7-12(2)13(3)11-15/h7-11,14H,5-6H2,1-4H3. The molecule has 0 fully saturated rings. The van der Waals surface area contributed by atoms with Crippen molar-refractivity contribution in [3.8, 4) is 0 Å². The molecular formula is C17H22N2O. The van der Waals surface area contributed by atoms with Crippen LogP contribution >= 0.6 is 0 Å². The summed E-state index contributed by atoms with van der Waals surface area (Å²) in [6.07, 6.45) is 5.60. The van der Waals surface area contributed by atoms with Crippen LogP contribution in [0.15, 0.2) is 30.6 Å². The van der Waals surface area contributed by atoms with E-state index < -0.39 is 0 Å². The van der Waals surface area contributed by atoms with Crippen molar-refractivity contribution in [2.45, 2.75) is 46.6 Å². The van der Waals surface area contributed by atoms with Crippen LogP contribution in [0.3, 0.4) is 0 Å². The molecule has 0 N–H and O–H groups in total. The Morgan fingerprint density at radius 2 is 2.05 bits per heavy atom. The lowest BCUT2D eigenvalue weighted by Crippen LogP contribution is -2.18. The molecule has 0 spiro atoms. The van der Waals surface area contributed by atoms with Gasteiger partial charge in [0.15, 0.2) is 5.78 Å². The SMILES string of the molecule is CCCc1nccn1C(C)C(=O)c1ccc(C)c(C)c1. The Morgan fingerprint density at radius 1 is 1.30 bits per heavy atom. The van der Waals surface area contributed by atoms with Gasteiger partial charge in [0.2, 0.25) is 0 Å². The van der Waals surface area contributed by atoms with E-state index in [9.17, 15) is 4.79 Å². The van der Waals surface area contributed by atoms with Gasteiger partial charge in [0.05, 0.1) is 6.04 Å². The number of hydrogen-bond donors (Lipinski definition) is 0. The number of hydrogen-bond acceptors (Lipinski definition) is 2. The van der Waals surface area contributed by atoms with Crippen LogP contribution in [0, 0.1) is 13.8 Å². The third-order valence-electron chi connectivity index (χ3n) is 3.81. The lowest BCUT2D eigenvalue weighted by Gasteiger charge is -2.16. The second-order valence-electron chi connectivity index (χ2n) is 5.34. The van der Waals surface area contributed by atoms with E-state index in [-0.39, 0.29) is 11.8 Å². The van der Waals surface area contributed by atoms with Crippen LogP contribution in [0.4, 0.5) is 0 Å². The minimum atomic E-state index is -0.207. The predicted molar refractivity (Wildman–Crippen MR) is 81.2 cm³/mol. The number of Topliss-reactive ketones (excluding diaryl/α,β-unsaturated/α-hetero) is 1. The summed E-state index contributed by atoms with van der Waals surface area (Å²) >= 11 is 0. The lowest BCUT2D eigenvalue weighted by atomic mass is 10.00. The van der Waals surface area contributed by atoms with Crippen LogP contribution in [0.5, 0.6) is 0 Å². The Morgan fingerprint density at radius 3 is 2.70 bits per heavy atom. The third kappa shape index (κ3) is 2.82. The van der Waals surface area contributed by atoms with Crippen molar-refractivity contribution in [1.82, 2.24) is 9.55 Å². The lowest BCUT2D eigenvalue weighted by molar-refractivity contribution is 0.0933. The minimum Gasteiger partial charge on any atom is -0.324 e. The first-order valence-electron chi connectivity index (χ1n) is 7.17. The van der Waals surface area contributed by atoms with Crippen molar-refractivity contribution in [3.63, 3.8) is 0 Å². The predicted octanol–water partition coefficient (Wildman–Crippen LogP) is 3.90. The maximum absolute atomic E-state index is 12.6. The Kier molecular flexibility index (Phi) is 4.38. The molecule has 2 rings (SSSR count). The summed E-state index contributed by atoms with van der Waals surface area (Å²) in [7, 11) is 0. The number of carbonyl (C=O) groups excluding carboxylic acids is 1. The highest BCUT2D eigenvalue weighted by molar-refractivity contribution is 5.99. The van der Waals surface area contributed by atoms with E-state index >= 15 is 0 Å². The molecule has 1 atom stereocenters. The Labute approximate surface area is 120 Å². The summed E-state index contributed by atoms with van der Waals surface area (Å²) in [5.41, 5.74) is 3.14. The average molecular weight is 270 g/mol. The highest BCUT2D eigenvalue weighted by Crippen LogP contribution is 2.19. The summed E-state index contributed by atoms with van der Waals surface area (Å²) in [4.78, 5) is 17.0. The number of ketones is 1. The molecule has 0 aliphatic carbocycles. The number of imidazole rings is 1. The van der Waals surface area contributed by atoms with E-state index in [1.807, 2.05) is 42.8 Å². The van der Waals surface area contributed by atoms with Crippen LogP contribution in [0.1, 0.15) is 53.6 Å². The van der Waals surface area contributed by atoms with Crippen molar-refractivity contribution in [2.24, 2.45) is 0 Å². The number of nitrogens with zero attached hydrogens (tertiary/aromatic N) is 2. The summed E-state index contributed by atoms with van der Waals surface area (Å²) in [5, 5.41) is 0. The summed E-state index contributed by atoms with van der Waals surface area (Å²) in [6, 6.07) is 5.69. The van der Waals surface area contributed by atoms with Crippen molar-refractivity contribution < 1.29 is 4.79 Å². The molecule has 3 nitrogen and oxygen atoms in total. The van der Waals surface area contributed by atoms with Gasteiger partial charge in [-0.2, -0.15) is 0 Å². The fraction of sp³-hybridized carbons (Fsp3) is 0.412. The number of aryl methyl sites for hydroxylation is 3. The van der Waals surface area contributed by atoms with E-state index in [4.69, 9.17) is 0 Å². The fourth-order valence-electron chi connectivity index (χ4n) is 2.38. The molecule has 0 saturated carbocycles. The van der Waals surface area contributed by atoms with E-state index in [1.165, 1.54) is 5.56 Å². The van der Waals surface area contributed by atoms with Gasteiger partial charge < -0.3 is 4.57 Å². The van der Waals surface area contributed by atoms with Gasteiger partial charge >= 0.3 is 0 Å². The van der Waals surface area contributed by atoms with Gasteiger partial charge in [-0.25, -0.2) is 4.98 Å². The van der Waals surface area contributed by atoms with Crippen LogP contribution in [-0.4, -0.2) is 15.3 Å². The van der Waals surface area contributed by atoms with Crippen LogP contribution < -0.4 is 0 Å². The maximum atomic E-state index is 12.6. The first-order valence-corrected chi connectivity index (χ1v) is 7.17. The van der Waals surface area contributed by atoms with Crippen molar-refractivity contribution in [2.75, 3.05) is 0 Å². The smallest absolute Gasteiger partial charge is 0.185 e. The van der Waals surface area contributed by atoms with Crippen molar-refractivity contribution >= 4 is 5.78 Å². The number of benzene rings is 1. The van der Waals surface area contributed by atoms with Crippen LogP contribution in [-0.2, 0) is 6.42 Å². The van der Waals surface area contributed by atoms with Gasteiger partial charge in [-0.1, -0.05) is 19.1 Å². The van der Waals surface area contributed by atoms with Crippen LogP contribution in [0.25, 0.3) is 0 Å². The monoisotopic (exact) mass is 270 g/mol. The zero-order valence-electron chi connectivity index (χ0n) is 12.7. The second kappa shape index (κ2) is 6.04. The van der Waals surface area contributed by atoms with E-state index in [0.29, 0.717) is 0 Å². The molecule has 0 aliphatic rings. The van der Waals surface area contributed by atoms with E-state index in [1.54, 1.807) is 6.20 Å². The Hall–Kier alpha value is -1.90. The Balaban J connectivity index is 2.27. The molecule has 3 heteroatoms. The van der Waals surface area contributed by atoms with Gasteiger partial charge in [0.1, 0.15) is 5.82 Å². The van der Waals surface area contributed by atoms with Gasteiger partial charge in [-0.15, -0.1) is 0 Å². The summed E-state index contributed by atoms with van der Waals surface area (Å²) < 4.78 is 1.99. The van der Waals surface area contributed by atoms with E-state index in [0.717, 1.165) is 29.8 Å². The van der Waals surface area contributed by atoms with Gasteiger partial charge in [0.25, 0.3) is 0 Å². The molecule has 0 saturated heterocycles. The first-order chi connectivity index (χ1) is 9.54. The Bertz CT molecular complexity index is 613. The van der Waals surface area contributed by atoms with Gasteiger partial charge in [0, 0.05) is 24.4 Å². The van der Waals surface area contributed by atoms with E-state index in [2.05, 4.69) is 18.8 Å². The molecule has 1 aromatic carbocycles. The zero-order chi connectivity index (χ0) is 14.7. The summed E-state index contributed by atoms with van der Waals surface area (Å²) in [6.45, 7) is 8.16. The summed E-state index contributed by atoms with van der Waals surface area (Å²) in [5.74, 6) is 1.13. The number of aromatic nitrogens is 2. The maximum Gasteiger partial charge on any atom is 0.185 e. The molecule has 0 radical (unpaired) electrons. The quantitative estimate of drug-likeness (QED) is 0.772. The normalized spacial score (nSPS) is 12.4. The molecule has 2 aromatic rings. The zero-order valence-corrected chi connectivity index (χ0v) is 12.7. The molecule has 1 aromatic heterocycles. The molecule has 1 unspecified atom stereocenters. The molecule has 106 valence electrons. The molecular weight excluding hydrogens is 248 g/mol. The first kappa shape index (κ1) is 14.5. The highest BCUT2D eigenvalue weighted by Gasteiger charge is 2.19. The molecule has 0 amide bonds. The molecule has 0 aliphatic heterocycles. The number of carbonyl (C=O) groups is 1.